The Morgan fingerprint density at radius 2 is 1.09 bits per heavy atom. The quantitative estimate of drug-likeness (QED) is 0.0278. The molecule has 0 aliphatic heterocycles. The summed E-state index contributed by atoms with van der Waals surface area (Å²) in [6.07, 6.45) is 48.4. The minimum absolute atomic E-state index is 0.106. The molecule has 0 bridgehead atoms. The van der Waals surface area contributed by atoms with Gasteiger partial charge < -0.3 is 25.6 Å². The van der Waals surface area contributed by atoms with E-state index < -0.39 is 24.5 Å². The molecule has 2 amide bonds. The monoisotopic (exact) mass is 771 g/mol. The zero-order valence-corrected chi connectivity index (χ0v) is 34.7. The van der Waals surface area contributed by atoms with Gasteiger partial charge >= 0.3 is 11.9 Å². The van der Waals surface area contributed by atoms with E-state index in [4.69, 9.17) is 14.9 Å². The van der Waals surface area contributed by atoms with Crippen LogP contribution >= 0.6 is 0 Å². The Morgan fingerprint density at radius 1 is 0.582 bits per heavy atom. The Kier molecular flexibility index (Phi) is 37.7. The van der Waals surface area contributed by atoms with Crippen molar-refractivity contribution in [1.82, 2.24) is 10.6 Å². The van der Waals surface area contributed by atoms with Crippen LogP contribution in [-0.2, 0) is 23.9 Å². The van der Waals surface area contributed by atoms with E-state index >= 15 is 0 Å². The summed E-state index contributed by atoms with van der Waals surface area (Å²) in [5, 5.41) is 22.5. The molecule has 0 aromatic carbocycles. The van der Waals surface area contributed by atoms with Crippen LogP contribution in [0.25, 0.3) is 0 Å². The minimum atomic E-state index is -1.38. The molecule has 9 heteroatoms. The first-order chi connectivity index (χ1) is 26.8. The van der Waals surface area contributed by atoms with Crippen LogP contribution in [0.5, 0.6) is 0 Å². The first kappa shape index (κ1) is 51.5. The van der Waals surface area contributed by atoms with E-state index in [2.05, 4.69) is 85.2 Å². The van der Waals surface area contributed by atoms with Crippen molar-refractivity contribution in [3.8, 4) is 0 Å². The molecule has 4 N–H and O–H groups in total. The first-order valence-electron chi connectivity index (χ1n) is 21.7. The van der Waals surface area contributed by atoms with Crippen molar-refractivity contribution in [2.24, 2.45) is 0 Å². The molecule has 9 nitrogen and oxygen atoms in total. The standard InChI is InChI=1S/C46H78N2O7/c1-3-5-7-9-11-13-14-15-16-17-18-19-20-22-24-30-34-38-45(52)55-41(35-31-27-23-21-12-10-8-6-4-2)36-32-28-25-26-29-33-37-43(50)47-39-44(51)48-42(40-49)46(53)54/h5,7,11,13,15-16,21,23,31,35,41-42,49H,3-4,6,8-10,12,14,17-20,22,24-30,32-34,36-40H2,1-2H3,(H,47,50)(H,48,51)(H,53,54)/b7-5-,13-11-,16-15-,23-21-,35-31-. The van der Waals surface area contributed by atoms with Crippen LogP contribution in [0.15, 0.2) is 60.8 Å². The van der Waals surface area contributed by atoms with Crippen LogP contribution in [0.4, 0.5) is 0 Å². The molecule has 0 saturated heterocycles. The van der Waals surface area contributed by atoms with Gasteiger partial charge in [-0.2, -0.15) is 0 Å². The fourth-order valence-electron chi connectivity index (χ4n) is 5.91. The van der Waals surface area contributed by atoms with Crippen molar-refractivity contribution >= 4 is 23.8 Å². The van der Waals surface area contributed by atoms with Crippen molar-refractivity contribution in [2.75, 3.05) is 13.2 Å². The van der Waals surface area contributed by atoms with E-state index in [9.17, 15) is 19.2 Å². The number of carboxylic acid groups (broad SMARTS) is 1. The number of aliphatic carboxylic acids is 1. The van der Waals surface area contributed by atoms with Crippen LogP contribution < -0.4 is 10.6 Å². The molecule has 2 atom stereocenters. The average molecular weight is 771 g/mol. The van der Waals surface area contributed by atoms with Crippen molar-refractivity contribution in [3.63, 3.8) is 0 Å². The Hall–Kier alpha value is -3.46. The molecule has 2 unspecified atom stereocenters. The third-order valence-electron chi connectivity index (χ3n) is 9.23. The van der Waals surface area contributed by atoms with Gasteiger partial charge in [0.15, 0.2) is 0 Å². The molecular formula is C46H78N2O7. The highest BCUT2D eigenvalue weighted by Gasteiger charge is 2.18. The number of amides is 2. The SMILES string of the molecule is CC/C=C\C/C=C\C/C=C\CCCCCCCCCC(=O)OC(/C=C\C/C=C\CCCCCC)CCCCCCCCC(=O)NCC(=O)NC(CO)C(=O)O. The molecule has 314 valence electrons. The van der Waals surface area contributed by atoms with Gasteiger partial charge in [0.1, 0.15) is 12.1 Å². The zero-order valence-electron chi connectivity index (χ0n) is 34.7. The smallest absolute Gasteiger partial charge is 0.328 e. The summed E-state index contributed by atoms with van der Waals surface area (Å²) in [5.74, 6) is -2.36. The lowest BCUT2D eigenvalue weighted by atomic mass is 10.1. The van der Waals surface area contributed by atoms with Crippen molar-refractivity contribution < 1.29 is 34.1 Å². The van der Waals surface area contributed by atoms with Crippen LogP contribution in [0.1, 0.15) is 181 Å². The summed E-state index contributed by atoms with van der Waals surface area (Å²) in [5.41, 5.74) is 0. The summed E-state index contributed by atoms with van der Waals surface area (Å²) in [7, 11) is 0. The second-order valence-corrected chi connectivity index (χ2v) is 14.4. The third-order valence-corrected chi connectivity index (χ3v) is 9.23. The molecule has 0 aliphatic carbocycles. The maximum atomic E-state index is 12.7. The number of esters is 1. The largest absolute Gasteiger partial charge is 0.480 e. The Balaban J connectivity index is 4.30. The van der Waals surface area contributed by atoms with Crippen molar-refractivity contribution in [3.05, 3.63) is 60.8 Å². The van der Waals surface area contributed by atoms with Crippen LogP contribution in [0.3, 0.4) is 0 Å². The number of unbranched alkanes of at least 4 members (excludes halogenated alkanes) is 16. The lowest BCUT2D eigenvalue weighted by Crippen LogP contribution is -2.47. The van der Waals surface area contributed by atoms with Gasteiger partial charge in [0.05, 0.1) is 13.2 Å². The molecule has 0 aliphatic rings. The number of aliphatic hydroxyl groups excluding tert-OH is 1. The third kappa shape index (κ3) is 37.2. The second-order valence-electron chi connectivity index (χ2n) is 14.4. The molecule has 55 heavy (non-hydrogen) atoms. The highest BCUT2D eigenvalue weighted by atomic mass is 16.5. The summed E-state index contributed by atoms with van der Waals surface area (Å²) in [4.78, 5) is 47.4. The Bertz CT molecular complexity index is 1110. The predicted octanol–water partition coefficient (Wildman–Crippen LogP) is 10.5. The highest BCUT2D eigenvalue weighted by Crippen LogP contribution is 2.15. The van der Waals surface area contributed by atoms with Gasteiger partial charge in [0.25, 0.3) is 0 Å². The molecule has 0 rings (SSSR count). The number of hydrogen-bond acceptors (Lipinski definition) is 6. The van der Waals surface area contributed by atoms with Gasteiger partial charge in [-0.1, -0.05) is 146 Å². The Labute approximate surface area is 334 Å². The number of ether oxygens (including phenoxy) is 1. The number of nitrogens with one attached hydrogen (secondary N) is 2. The number of carbonyl (C=O) groups excluding carboxylic acids is 3. The predicted molar refractivity (Wildman–Crippen MR) is 227 cm³/mol. The number of hydrogen-bond donors (Lipinski definition) is 4. The maximum absolute atomic E-state index is 12.7. The average Bonchev–Trinajstić information content (AvgIpc) is 3.17. The van der Waals surface area contributed by atoms with Crippen molar-refractivity contribution in [1.29, 1.82) is 0 Å². The molecule has 0 saturated carbocycles. The molecule has 0 spiro atoms. The van der Waals surface area contributed by atoms with E-state index in [0.717, 1.165) is 96.3 Å². The Morgan fingerprint density at radius 3 is 1.67 bits per heavy atom. The summed E-state index contributed by atoms with van der Waals surface area (Å²) < 4.78 is 5.92. The lowest BCUT2D eigenvalue weighted by Gasteiger charge is -2.15. The van der Waals surface area contributed by atoms with Gasteiger partial charge in [0, 0.05) is 12.8 Å². The fourth-order valence-corrected chi connectivity index (χ4v) is 5.91. The summed E-state index contributed by atoms with van der Waals surface area (Å²) in [6.45, 7) is 3.34. The molecule has 0 heterocycles. The van der Waals surface area contributed by atoms with Gasteiger partial charge in [0.2, 0.25) is 11.8 Å². The fraction of sp³-hybridized carbons (Fsp3) is 0.696. The van der Waals surface area contributed by atoms with Gasteiger partial charge in [-0.05, 0) is 83.1 Å². The molecule has 0 aromatic rings. The maximum Gasteiger partial charge on any atom is 0.328 e. The van der Waals surface area contributed by atoms with Crippen molar-refractivity contribution in [2.45, 2.75) is 193 Å². The number of allylic oxidation sites excluding steroid dienone is 9. The van der Waals surface area contributed by atoms with E-state index in [1.807, 2.05) is 0 Å². The number of carboxylic acids is 1. The molecule has 0 radical (unpaired) electrons. The molecule has 0 fully saturated rings. The molecular weight excluding hydrogens is 693 g/mol. The van der Waals surface area contributed by atoms with E-state index in [1.54, 1.807) is 0 Å². The second kappa shape index (κ2) is 40.2. The van der Waals surface area contributed by atoms with Crippen LogP contribution in [-0.4, -0.2) is 59.3 Å². The van der Waals surface area contributed by atoms with E-state index in [1.165, 1.54) is 51.4 Å². The highest BCUT2D eigenvalue weighted by molar-refractivity contribution is 5.87. The summed E-state index contributed by atoms with van der Waals surface area (Å²) >= 11 is 0. The molecule has 0 aromatic heterocycles. The van der Waals surface area contributed by atoms with Crippen LogP contribution in [0, 0.1) is 0 Å². The zero-order chi connectivity index (χ0) is 40.5. The number of carbonyl (C=O) groups is 4. The number of aliphatic hydroxyl groups is 1. The van der Waals surface area contributed by atoms with Gasteiger partial charge in [-0.25, -0.2) is 4.79 Å². The number of rotatable bonds is 38. The van der Waals surface area contributed by atoms with Crippen LogP contribution in [0.2, 0.25) is 0 Å². The topological polar surface area (TPSA) is 142 Å². The van der Waals surface area contributed by atoms with E-state index in [0.29, 0.717) is 19.3 Å². The van der Waals surface area contributed by atoms with E-state index in [-0.39, 0.29) is 24.5 Å². The lowest BCUT2D eigenvalue weighted by molar-refractivity contribution is -0.147. The summed E-state index contributed by atoms with van der Waals surface area (Å²) in [6, 6.07) is -1.38. The van der Waals surface area contributed by atoms with Gasteiger partial charge in [-0.3, -0.25) is 14.4 Å². The minimum Gasteiger partial charge on any atom is -0.480 e. The van der Waals surface area contributed by atoms with Gasteiger partial charge in [-0.15, -0.1) is 0 Å². The first-order valence-corrected chi connectivity index (χ1v) is 21.7. The normalized spacial score (nSPS) is 13.1.